The number of ketones is 1. The molecule has 7 aliphatic heterocycles. The van der Waals surface area contributed by atoms with Crippen LogP contribution in [0.15, 0.2) is 0 Å². The molecule has 0 aromatic carbocycles. The summed E-state index contributed by atoms with van der Waals surface area (Å²) >= 11 is 0. The van der Waals surface area contributed by atoms with Crippen LogP contribution >= 0.6 is 0 Å². The second-order valence-electron chi connectivity index (χ2n) is 26.5. The molecule has 4 aliphatic carbocycles. The predicted molar refractivity (Wildman–Crippen MR) is 274 cm³/mol. The Hall–Kier alpha value is -1.37. The van der Waals surface area contributed by atoms with Crippen LogP contribution < -0.4 is 0 Å². The van der Waals surface area contributed by atoms with E-state index in [1.165, 1.54) is 6.92 Å². The SMILES string of the molecule is CC1CCC2(OC1)OC1CC3C4CCC5CC(OC6OC(CO)C(OC7OC(CO)C(O)C(OC8OCC(OC9OC(C)C(O)C(O)C9O)C(O)C8O)C7OC7OC(CO)C(O)C(O)C7O)C(O)C6O)CCC5(C)C4CC(=O)C3(C)C1C2C. The van der Waals surface area contributed by atoms with Crippen molar-refractivity contribution in [1.29, 1.82) is 0 Å². The first-order chi connectivity index (χ1) is 39.4. The van der Waals surface area contributed by atoms with Crippen molar-refractivity contribution in [2.75, 3.05) is 33.0 Å². The first kappa shape index (κ1) is 63.2. The van der Waals surface area contributed by atoms with Crippen molar-refractivity contribution in [3.8, 4) is 0 Å². The molecule has 0 bridgehead atoms. The lowest BCUT2D eigenvalue weighted by Crippen LogP contribution is -2.68. The lowest BCUT2D eigenvalue weighted by molar-refractivity contribution is -0.405. The summed E-state index contributed by atoms with van der Waals surface area (Å²) in [6.45, 7) is 7.73. The maximum Gasteiger partial charge on any atom is 0.187 e. The minimum absolute atomic E-state index is 0.0294. The van der Waals surface area contributed by atoms with Gasteiger partial charge in [0, 0.05) is 30.1 Å². The molecule has 83 heavy (non-hydrogen) atoms. The molecular weight excluding hydrogens is 1100 g/mol. The van der Waals surface area contributed by atoms with Crippen LogP contribution in [0.5, 0.6) is 0 Å². The van der Waals surface area contributed by atoms with Gasteiger partial charge in [-0.25, -0.2) is 0 Å². The third-order valence-electron chi connectivity index (χ3n) is 22.0. The summed E-state index contributed by atoms with van der Waals surface area (Å²) < 4.78 is 73.1. The number of Topliss-reactive ketones (excluding diaryl/α,β-unsaturated/α-hetero) is 1. The average Bonchev–Trinajstić information content (AvgIpc) is 1.61. The first-order valence-electron chi connectivity index (χ1n) is 30.1. The molecule has 27 nitrogen and oxygen atoms in total. The van der Waals surface area contributed by atoms with E-state index in [0.29, 0.717) is 43.5 Å². The third-order valence-corrected chi connectivity index (χ3v) is 22.0. The van der Waals surface area contributed by atoms with Crippen LogP contribution in [-0.2, 0) is 61.6 Å². The Morgan fingerprint density at radius 1 is 0.530 bits per heavy atom. The van der Waals surface area contributed by atoms with Gasteiger partial charge in [0.25, 0.3) is 0 Å². The molecule has 0 amide bonds. The van der Waals surface area contributed by atoms with Crippen LogP contribution in [0.4, 0.5) is 0 Å². The Morgan fingerprint density at radius 2 is 1.13 bits per heavy atom. The average molecular weight is 1200 g/mol. The van der Waals surface area contributed by atoms with E-state index in [0.717, 1.165) is 38.5 Å². The Labute approximate surface area is 480 Å². The molecule has 11 fully saturated rings. The van der Waals surface area contributed by atoms with Gasteiger partial charge in [0.2, 0.25) is 0 Å². The number of carbonyl (C=O) groups is 1. The van der Waals surface area contributed by atoms with Gasteiger partial charge in [-0.05, 0) is 86.9 Å². The van der Waals surface area contributed by atoms with Crippen molar-refractivity contribution in [1.82, 2.24) is 0 Å². The summed E-state index contributed by atoms with van der Waals surface area (Å²) in [6, 6.07) is 0. The summed E-state index contributed by atoms with van der Waals surface area (Å²) in [5.74, 6) is 1.23. The first-order valence-corrected chi connectivity index (χ1v) is 30.1. The van der Waals surface area contributed by atoms with Crippen molar-refractivity contribution in [2.24, 2.45) is 52.3 Å². The van der Waals surface area contributed by atoms with E-state index >= 15 is 0 Å². The van der Waals surface area contributed by atoms with Crippen molar-refractivity contribution in [2.45, 2.75) is 258 Å². The van der Waals surface area contributed by atoms with E-state index in [1.54, 1.807) is 0 Å². The van der Waals surface area contributed by atoms with Gasteiger partial charge < -0.3 is 128 Å². The number of aliphatic hydroxyl groups excluding tert-OH is 14. The fourth-order valence-corrected chi connectivity index (χ4v) is 17.0. The molecule has 1 spiro atoms. The van der Waals surface area contributed by atoms with Crippen LogP contribution in [0.25, 0.3) is 0 Å². The highest BCUT2D eigenvalue weighted by atomic mass is 16.8. The number of hydrogen-bond acceptors (Lipinski definition) is 27. The molecular formula is C56H90O27. The van der Waals surface area contributed by atoms with Crippen LogP contribution in [0.2, 0.25) is 0 Å². The van der Waals surface area contributed by atoms with Gasteiger partial charge in [0.1, 0.15) is 116 Å². The zero-order valence-corrected chi connectivity index (χ0v) is 47.5. The summed E-state index contributed by atoms with van der Waals surface area (Å²) in [6.07, 6.45) is -35.7. The lowest BCUT2D eigenvalue weighted by Gasteiger charge is -2.60. The van der Waals surface area contributed by atoms with Gasteiger partial charge in [-0.3, -0.25) is 4.79 Å². The van der Waals surface area contributed by atoms with E-state index in [2.05, 4.69) is 27.7 Å². The molecule has 27 heteroatoms. The third kappa shape index (κ3) is 10.9. The van der Waals surface area contributed by atoms with Crippen LogP contribution in [0.1, 0.15) is 92.4 Å². The maximum atomic E-state index is 14.8. The lowest BCUT2D eigenvalue weighted by atomic mass is 9.44. The van der Waals surface area contributed by atoms with E-state index in [-0.39, 0.29) is 41.1 Å². The number of ether oxygens (including phenoxy) is 12. The standard InChI is InChI=1S/C56H90O27/c1-20-8-11-56(73-18-20)21(2)34-28(83-56)13-27-25-7-6-23-12-24(9-10-54(23,4)26(25)14-33(60)55(27,34)5)75-51-45(71)41(67)46(31(17-59)78-51)80-53-48(82-52-44(70)40(66)36(62)29(15-57)76-52)47(38(64)30(16-58)77-53)81-49-42(68)37(63)32(19-72-49)79-50-43(69)39(65)35(61)22(3)74-50/h20-32,34-53,57-59,61-71H,6-19H2,1-5H3. The van der Waals surface area contributed by atoms with Gasteiger partial charge in [-0.15, -0.1) is 0 Å². The van der Waals surface area contributed by atoms with Crippen LogP contribution in [-0.4, -0.2) is 276 Å². The number of carbonyl (C=O) groups excluding carboxylic acids is 1. The van der Waals surface area contributed by atoms with Crippen molar-refractivity contribution < 1.29 is 133 Å². The van der Waals surface area contributed by atoms with Crippen LogP contribution in [0, 0.1) is 52.3 Å². The highest BCUT2D eigenvalue weighted by Gasteiger charge is 2.72. The van der Waals surface area contributed by atoms with E-state index in [4.69, 9.17) is 56.8 Å². The summed E-state index contributed by atoms with van der Waals surface area (Å²) in [7, 11) is 0. The number of hydrogen-bond donors (Lipinski definition) is 14. The molecule has 7 saturated heterocycles. The predicted octanol–water partition coefficient (Wildman–Crippen LogP) is -4.24. The van der Waals surface area contributed by atoms with Gasteiger partial charge in [-0.1, -0.05) is 27.7 Å². The zero-order chi connectivity index (χ0) is 59.5. The molecule has 0 radical (unpaired) electrons. The summed E-state index contributed by atoms with van der Waals surface area (Å²) in [5, 5.41) is 153. The zero-order valence-electron chi connectivity index (χ0n) is 47.5. The smallest absolute Gasteiger partial charge is 0.187 e. The number of fused-ring (bicyclic) bond motifs is 7. The fraction of sp³-hybridized carbons (Fsp3) is 0.982. The molecule has 0 aromatic heterocycles. The van der Waals surface area contributed by atoms with E-state index in [1.807, 2.05) is 0 Å². The largest absolute Gasteiger partial charge is 0.394 e. The Morgan fingerprint density at radius 3 is 1.82 bits per heavy atom. The molecule has 7 heterocycles. The molecule has 11 rings (SSSR count). The van der Waals surface area contributed by atoms with Gasteiger partial charge in [0.05, 0.1) is 51.3 Å². The van der Waals surface area contributed by atoms with E-state index < -0.39 is 191 Å². The molecule has 11 aliphatic rings. The van der Waals surface area contributed by atoms with Gasteiger partial charge in [0.15, 0.2) is 37.2 Å². The second kappa shape index (κ2) is 24.4. The normalized spacial score (nSPS) is 57.4. The quantitative estimate of drug-likeness (QED) is 0.0777. The highest BCUT2D eigenvalue weighted by molar-refractivity contribution is 5.87. The molecule has 36 unspecified atom stereocenters. The van der Waals surface area contributed by atoms with Crippen molar-refractivity contribution in [3.05, 3.63) is 0 Å². The molecule has 4 saturated carbocycles. The van der Waals surface area contributed by atoms with Crippen LogP contribution in [0.3, 0.4) is 0 Å². The minimum Gasteiger partial charge on any atom is -0.394 e. The van der Waals surface area contributed by atoms with Crippen molar-refractivity contribution >= 4 is 5.78 Å². The monoisotopic (exact) mass is 1190 g/mol. The molecule has 36 atom stereocenters. The molecule has 0 aromatic rings. The minimum atomic E-state index is -2.07. The number of aliphatic hydroxyl groups is 14. The maximum absolute atomic E-state index is 14.8. The second-order valence-corrected chi connectivity index (χ2v) is 26.5. The summed E-state index contributed by atoms with van der Waals surface area (Å²) in [4.78, 5) is 14.8. The topological polar surface area (TPSA) is 411 Å². The number of rotatable bonds is 13. The molecule has 14 N–H and O–H groups in total. The Bertz CT molecular complexity index is 2210. The van der Waals surface area contributed by atoms with Gasteiger partial charge >= 0.3 is 0 Å². The van der Waals surface area contributed by atoms with Gasteiger partial charge in [-0.2, -0.15) is 0 Å². The summed E-state index contributed by atoms with van der Waals surface area (Å²) in [5.41, 5.74) is -0.676. The Kier molecular flexibility index (Phi) is 18.6. The highest BCUT2D eigenvalue weighted by Crippen LogP contribution is 2.70. The van der Waals surface area contributed by atoms with E-state index in [9.17, 15) is 76.3 Å². The Balaban J connectivity index is 0.766. The molecule has 476 valence electrons. The fourth-order valence-electron chi connectivity index (χ4n) is 17.0. The van der Waals surface area contributed by atoms with Crippen molar-refractivity contribution in [3.63, 3.8) is 0 Å².